The molecule has 1 aromatic rings. The molecule has 2 nitrogen and oxygen atoms in total. The average molecular weight is 499 g/mol. The molecule has 0 aliphatic carbocycles. The summed E-state index contributed by atoms with van der Waals surface area (Å²) in [6, 6.07) is 5.73. The van der Waals surface area contributed by atoms with Crippen molar-refractivity contribution in [2.75, 3.05) is 25.2 Å². The normalized spacial score (nSPS) is 12.2. The molecule has 33 heavy (non-hydrogen) atoms. The molecule has 1 unspecified atom stereocenters. The summed E-state index contributed by atoms with van der Waals surface area (Å²) in [4.78, 5) is 0. The molecule has 1 rings (SSSR count). The van der Waals surface area contributed by atoms with Gasteiger partial charge in [0.1, 0.15) is 5.75 Å². The smallest absolute Gasteiger partial charge is 0.122 e. The molecular weight excluding hydrogens is 448 g/mol. The van der Waals surface area contributed by atoms with Crippen LogP contribution in [0.2, 0.25) is 5.02 Å². The molecule has 192 valence electrons. The summed E-state index contributed by atoms with van der Waals surface area (Å²) in [6.45, 7) is 2.50. The fourth-order valence-electron chi connectivity index (χ4n) is 4.40. The predicted octanol–water partition coefficient (Wildman–Crippen LogP) is 9.49. The second-order valence-corrected chi connectivity index (χ2v) is 11.2. The van der Waals surface area contributed by atoms with Gasteiger partial charge in [-0.15, -0.1) is 0 Å². The van der Waals surface area contributed by atoms with Gasteiger partial charge in [-0.2, -0.15) is 11.8 Å². The highest BCUT2D eigenvalue weighted by Crippen LogP contribution is 2.26. The molecule has 1 N–H and O–H groups in total. The predicted molar refractivity (Wildman–Crippen MR) is 149 cm³/mol. The SMILES string of the molecule is CCCCCCCCCCCCCCCCCCSCC(CO)Cc1cc(Cl)ccc1OC. The van der Waals surface area contributed by atoms with E-state index in [0.29, 0.717) is 0 Å². The highest BCUT2D eigenvalue weighted by atomic mass is 35.5. The van der Waals surface area contributed by atoms with Gasteiger partial charge in [-0.3, -0.25) is 0 Å². The Hall–Kier alpha value is -0.380. The maximum Gasteiger partial charge on any atom is 0.122 e. The number of methoxy groups -OCH3 is 1. The van der Waals surface area contributed by atoms with E-state index < -0.39 is 0 Å². The van der Waals surface area contributed by atoms with Crippen LogP contribution >= 0.6 is 23.4 Å². The fourth-order valence-corrected chi connectivity index (χ4v) is 5.72. The van der Waals surface area contributed by atoms with Crippen LogP contribution in [0.25, 0.3) is 0 Å². The van der Waals surface area contributed by atoms with Gasteiger partial charge in [0.15, 0.2) is 0 Å². The van der Waals surface area contributed by atoms with Crippen molar-refractivity contribution in [3.8, 4) is 5.75 Å². The van der Waals surface area contributed by atoms with E-state index in [2.05, 4.69) is 6.92 Å². The third kappa shape index (κ3) is 16.8. The zero-order valence-electron chi connectivity index (χ0n) is 21.6. The molecule has 0 amide bonds. The molecule has 0 radical (unpaired) electrons. The maximum atomic E-state index is 9.78. The standard InChI is InChI=1S/C29H51ClO2S/c1-3-4-5-6-7-8-9-10-11-12-13-14-15-16-17-18-21-33-25-26(24-31)22-27-23-28(30)19-20-29(27)32-2/h19-20,23,26,31H,3-18,21-22,24-25H2,1-2H3. The topological polar surface area (TPSA) is 29.5 Å². The number of hydrogen-bond donors (Lipinski definition) is 1. The fraction of sp³-hybridized carbons (Fsp3) is 0.793. The van der Waals surface area contributed by atoms with E-state index in [1.54, 1.807) is 7.11 Å². The van der Waals surface area contributed by atoms with Crippen molar-refractivity contribution in [3.63, 3.8) is 0 Å². The van der Waals surface area contributed by atoms with Gasteiger partial charge < -0.3 is 9.84 Å². The molecule has 0 saturated carbocycles. The minimum absolute atomic E-state index is 0.210. The average Bonchev–Trinajstić information content (AvgIpc) is 2.82. The number of halogens is 1. The number of unbranched alkanes of at least 4 members (excludes halogenated alkanes) is 15. The Morgan fingerprint density at radius 1 is 0.818 bits per heavy atom. The van der Waals surface area contributed by atoms with Crippen molar-refractivity contribution in [1.82, 2.24) is 0 Å². The molecule has 0 heterocycles. The van der Waals surface area contributed by atoms with Crippen molar-refractivity contribution in [1.29, 1.82) is 0 Å². The second-order valence-electron chi connectivity index (χ2n) is 9.59. The minimum atomic E-state index is 0.210. The van der Waals surface area contributed by atoms with Crippen LogP contribution in [0.1, 0.15) is 115 Å². The van der Waals surface area contributed by atoms with Gasteiger partial charge in [-0.1, -0.05) is 115 Å². The van der Waals surface area contributed by atoms with Gasteiger partial charge in [0.05, 0.1) is 7.11 Å². The summed E-state index contributed by atoms with van der Waals surface area (Å²) in [7, 11) is 1.69. The first-order chi connectivity index (χ1) is 16.2. The molecular formula is C29H51ClO2S. The lowest BCUT2D eigenvalue weighted by Crippen LogP contribution is -2.13. The van der Waals surface area contributed by atoms with Gasteiger partial charge in [-0.05, 0) is 54.0 Å². The zero-order chi connectivity index (χ0) is 24.0. The molecule has 1 aromatic carbocycles. The number of thioether (sulfide) groups is 1. The quantitative estimate of drug-likeness (QED) is 0.152. The lowest BCUT2D eigenvalue weighted by atomic mass is 10.0. The number of benzene rings is 1. The summed E-state index contributed by atoms with van der Waals surface area (Å²) in [5.41, 5.74) is 1.09. The Morgan fingerprint density at radius 2 is 1.33 bits per heavy atom. The Labute approximate surface area is 214 Å². The van der Waals surface area contributed by atoms with Crippen molar-refractivity contribution < 1.29 is 9.84 Å². The number of aliphatic hydroxyl groups excluding tert-OH is 1. The summed E-state index contributed by atoms with van der Waals surface area (Å²) < 4.78 is 5.44. The Kier molecular flexibility index (Phi) is 20.5. The first-order valence-electron chi connectivity index (χ1n) is 13.7. The van der Waals surface area contributed by atoms with E-state index in [1.807, 2.05) is 30.0 Å². The van der Waals surface area contributed by atoms with E-state index in [-0.39, 0.29) is 12.5 Å². The molecule has 0 spiro atoms. The number of ether oxygens (including phenoxy) is 1. The molecule has 1 atom stereocenters. The van der Waals surface area contributed by atoms with E-state index >= 15 is 0 Å². The molecule has 0 saturated heterocycles. The van der Waals surface area contributed by atoms with Crippen LogP contribution in [-0.4, -0.2) is 30.3 Å². The third-order valence-electron chi connectivity index (χ3n) is 6.51. The zero-order valence-corrected chi connectivity index (χ0v) is 23.2. The monoisotopic (exact) mass is 498 g/mol. The molecule has 0 bridgehead atoms. The van der Waals surface area contributed by atoms with E-state index in [4.69, 9.17) is 16.3 Å². The van der Waals surface area contributed by atoms with Crippen molar-refractivity contribution in [2.24, 2.45) is 5.92 Å². The minimum Gasteiger partial charge on any atom is -0.496 e. The van der Waals surface area contributed by atoms with Crippen molar-refractivity contribution in [2.45, 2.75) is 116 Å². The molecule has 0 aliphatic rings. The lowest BCUT2D eigenvalue weighted by Gasteiger charge is -2.16. The van der Waals surface area contributed by atoms with E-state index in [0.717, 1.165) is 28.5 Å². The van der Waals surface area contributed by atoms with Gasteiger partial charge >= 0.3 is 0 Å². The van der Waals surface area contributed by atoms with Crippen LogP contribution in [0, 0.1) is 5.92 Å². The van der Waals surface area contributed by atoms with E-state index in [1.165, 1.54) is 108 Å². The van der Waals surface area contributed by atoms with Crippen LogP contribution < -0.4 is 4.74 Å². The summed E-state index contributed by atoms with van der Waals surface area (Å²) in [6.07, 6.45) is 23.4. The largest absolute Gasteiger partial charge is 0.496 e. The van der Waals surface area contributed by atoms with Crippen molar-refractivity contribution in [3.05, 3.63) is 28.8 Å². The number of aliphatic hydroxyl groups is 1. The molecule has 0 aromatic heterocycles. The van der Waals surface area contributed by atoms with Crippen LogP contribution in [0.3, 0.4) is 0 Å². The Morgan fingerprint density at radius 3 is 1.82 bits per heavy atom. The van der Waals surface area contributed by atoms with Crippen molar-refractivity contribution >= 4 is 23.4 Å². The first-order valence-corrected chi connectivity index (χ1v) is 15.3. The summed E-state index contributed by atoms with van der Waals surface area (Å²) >= 11 is 8.11. The van der Waals surface area contributed by atoms with Gasteiger partial charge in [0.25, 0.3) is 0 Å². The Balaban J connectivity index is 1.91. The van der Waals surface area contributed by atoms with Gasteiger partial charge in [-0.25, -0.2) is 0 Å². The van der Waals surface area contributed by atoms with Crippen LogP contribution in [0.5, 0.6) is 5.75 Å². The summed E-state index contributed by atoms with van der Waals surface area (Å²) in [5, 5.41) is 10.5. The maximum absolute atomic E-state index is 9.78. The molecule has 0 aliphatic heterocycles. The lowest BCUT2D eigenvalue weighted by molar-refractivity contribution is 0.238. The Bertz CT molecular complexity index is 567. The second kappa shape index (κ2) is 22.1. The highest BCUT2D eigenvalue weighted by Gasteiger charge is 2.13. The van der Waals surface area contributed by atoms with E-state index in [9.17, 15) is 5.11 Å². The number of hydrogen-bond acceptors (Lipinski definition) is 3. The summed E-state index contributed by atoms with van der Waals surface area (Å²) in [5.74, 6) is 3.30. The molecule has 4 heteroatoms. The van der Waals surface area contributed by atoms with Crippen LogP contribution in [0.4, 0.5) is 0 Å². The van der Waals surface area contributed by atoms with Gasteiger partial charge in [0, 0.05) is 11.6 Å². The van der Waals surface area contributed by atoms with Crippen LogP contribution in [0.15, 0.2) is 18.2 Å². The highest BCUT2D eigenvalue weighted by molar-refractivity contribution is 7.99. The van der Waals surface area contributed by atoms with Crippen LogP contribution in [-0.2, 0) is 6.42 Å². The first kappa shape index (κ1) is 30.7. The third-order valence-corrected chi connectivity index (χ3v) is 8.02. The number of rotatable bonds is 23. The van der Waals surface area contributed by atoms with Gasteiger partial charge in [0.2, 0.25) is 0 Å². The molecule has 0 fully saturated rings.